The molecule has 1 aromatic carbocycles. The Labute approximate surface area is 101 Å². The van der Waals surface area contributed by atoms with Crippen LogP contribution in [0.5, 0.6) is 0 Å². The van der Waals surface area contributed by atoms with Crippen molar-refractivity contribution in [1.82, 2.24) is 9.78 Å². The molecule has 17 heavy (non-hydrogen) atoms. The Morgan fingerprint density at radius 1 is 1.29 bits per heavy atom. The molecule has 3 nitrogen and oxygen atoms in total. The van der Waals surface area contributed by atoms with Gasteiger partial charge in [0, 0.05) is 12.7 Å². The van der Waals surface area contributed by atoms with Gasteiger partial charge in [0.15, 0.2) is 0 Å². The maximum atomic E-state index is 14.0. The lowest BCUT2D eigenvalue weighted by Gasteiger charge is -2.13. The topological polar surface area (TPSA) is 29.9 Å². The van der Waals surface area contributed by atoms with Crippen LogP contribution in [0, 0.1) is 19.7 Å². The lowest BCUT2D eigenvalue weighted by atomic mass is 9.95. The first kappa shape index (κ1) is 11.7. The summed E-state index contributed by atoms with van der Waals surface area (Å²) in [7, 11) is 7.34. The monoisotopic (exact) mass is 229 g/mol. The Bertz CT molecular complexity index is 563. The summed E-state index contributed by atoms with van der Waals surface area (Å²) in [6.07, 6.45) is 0. The molecule has 0 amide bonds. The van der Waals surface area contributed by atoms with Crippen molar-refractivity contribution in [2.75, 3.05) is 12.4 Å². The average Bonchev–Trinajstić information content (AvgIpc) is 2.56. The first-order valence-electron chi connectivity index (χ1n) is 5.33. The predicted molar refractivity (Wildman–Crippen MR) is 67.9 cm³/mol. The second kappa shape index (κ2) is 4.24. The zero-order chi connectivity index (χ0) is 12.6. The van der Waals surface area contributed by atoms with E-state index in [1.165, 1.54) is 6.07 Å². The van der Waals surface area contributed by atoms with E-state index in [4.69, 9.17) is 7.85 Å². The van der Waals surface area contributed by atoms with Gasteiger partial charge in [-0.15, -0.1) is 0 Å². The highest BCUT2D eigenvalue weighted by Crippen LogP contribution is 2.23. The van der Waals surface area contributed by atoms with Crippen LogP contribution in [-0.2, 0) is 0 Å². The maximum Gasteiger partial charge on any atom is 0.150 e. The van der Waals surface area contributed by atoms with Gasteiger partial charge in [0.2, 0.25) is 0 Å². The summed E-state index contributed by atoms with van der Waals surface area (Å²) < 4.78 is 15.6. The van der Waals surface area contributed by atoms with E-state index in [0.717, 1.165) is 11.4 Å². The van der Waals surface area contributed by atoms with Crippen LogP contribution >= 0.6 is 0 Å². The molecule has 2 aromatic rings. The molecule has 0 atom stereocenters. The van der Waals surface area contributed by atoms with E-state index in [9.17, 15) is 4.39 Å². The van der Waals surface area contributed by atoms with Gasteiger partial charge in [-0.05, 0) is 32.0 Å². The number of nitrogens with one attached hydrogen (secondary N) is 1. The van der Waals surface area contributed by atoms with Gasteiger partial charge < -0.3 is 5.32 Å². The Balaban J connectivity index is 2.70. The molecule has 2 rings (SSSR count). The van der Waals surface area contributed by atoms with Crippen LogP contribution < -0.4 is 10.8 Å². The summed E-state index contributed by atoms with van der Waals surface area (Å²) in [4.78, 5) is 0. The van der Waals surface area contributed by atoms with E-state index >= 15 is 0 Å². The quantitative estimate of drug-likeness (QED) is 0.790. The van der Waals surface area contributed by atoms with Crippen molar-refractivity contribution >= 4 is 19.0 Å². The van der Waals surface area contributed by atoms with Crippen LogP contribution in [0.25, 0.3) is 5.69 Å². The number of halogens is 1. The number of aromatic nitrogens is 2. The standard InChI is InChI=1S/C12H13BFN3/c1-7-4-8(2)17(16-7)12-10(14)5-9(13)6-11(12)15-3/h4-6,15H,1-3H3. The van der Waals surface area contributed by atoms with Crippen LogP contribution in [0.4, 0.5) is 10.1 Å². The molecular weight excluding hydrogens is 216 g/mol. The Morgan fingerprint density at radius 3 is 2.53 bits per heavy atom. The third-order valence-corrected chi connectivity index (χ3v) is 2.58. The van der Waals surface area contributed by atoms with Crippen molar-refractivity contribution in [3.63, 3.8) is 0 Å². The fraction of sp³-hybridized carbons (Fsp3) is 0.250. The highest BCUT2D eigenvalue weighted by atomic mass is 19.1. The number of nitrogens with zero attached hydrogens (tertiary/aromatic N) is 2. The van der Waals surface area contributed by atoms with Crippen LogP contribution in [0.15, 0.2) is 18.2 Å². The van der Waals surface area contributed by atoms with Crippen molar-refractivity contribution < 1.29 is 4.39 Å². The average molecular weight is 229 g/mol. The summed E-state index contributed by atoms with van der Waals surface area (Å²) in [5.74, 6) is -0.388. The van der Waals surface area contributed by atoms with E-state index < -0.39 is 0 Å². The zero-order valence-corrected chi connectivity index (χ0v) is 10.1. The maximum absolute atomic E-state index is 14.0. The molecule has 0 aliphatic heterocycles. The summed E-state index contributed by atoms with van der Waals surface area (Å²) in [6, 6.07) is 4.89. The minimum atomic E-state index is -0.388. The van der Waals surface area contributed by atoms with Gasteiger partial charge in [-0.2, -0.15) is 5.10 Å². The lowest BCUT2D eigenvalue weighted by Crippen LogP contribution is -2.12. The number of benzene rings is 1. The Hall–Kier alpha value is -1.78. The van der Waals surface area contributed by atoms with Crippen LogP contribution in [0.2, 0.25) is 0 Å². The molecule has 0 spiro atoms. The van der Waals surface area contributed by atoms with Crippen LogP contribution in [-0.4, -0.2) is 24.7 Å². The third-order valence-electron chi connectivity index (χ3n) is 2.58. The zero-order valence-electron chi connectivity index (χ0n) is 10.1. The molecule has 0 saturated carbocycles. The first-order chi connectivity index (χ1) is 8.02. The summed E-state index contributed by atoms with van der Waals surface area (Å²) in [5, 5.41) is 7.21. The second-order valence-corrected chi connectivity index (χ2v) is 3.99. The highest BCUT2D eigenvalue weighted by molar-refractivity contribution is 6.32. The molecule has 0 aliphatic carbocycles. The van der Waals surface area contributed by atoms with Gasteiger partial charge in [0.05, 0.1) is 11.4 Å². The molecule has 0 unspecified atom stereocenters. The fourth-order valence-electron chi connectivity index (χ4n) is 1.88. The van der Waals surface area contributed by atoms with Crippen molar-refractivity contribution in [3.05, 3.63) is 35.4 Å². The van der Waals surface area contributed by atoms with Crippen molar-refractivity contribution in [2.24, 2.45) is 0 Å². The van der Waals surface area contributed by atoms with E-state index in [-0.39, 0.29) is 5.82 Å². The van der Waals surface area contributed by atoms with Gasteiger partial charge >= 0.3 is 0 Å². The van der Waals surface area contributed by atoms with Crippen molar-refractivity contribution in [1.29, 1.82) is 0 Å². The number of hydrogen-bond donors (Lipinski definition) is 1. The van der Waals surface area contributed by atoms with Crippen LogP contribution in [0.1, 0.15) is 11.4 Å². The number of hydrogen-bond acceptors (Lipinski definition) is 2. The highest BCUT2D eigenvalue weighted by Gasteiger charge is 2.14. The van der Waals surface area contributed by atoms with E-state index in [0.29, 0.717) is 16.8 Å². The molecular formula is C12H13BFN3. The summed E-state index contributed by atoms with van der Waals surface area (Å²) >= 11 is 0. The van der Waals surface area contributed by atoms with E-state index in [1.807, 2.05) is 19.9 Å². The molecule has 0 fully saturated rings. The smallest absolute Gasteiger partial charge is 0.150 e. The molecule has 0 bridgehead atoms. The molecule has 2 radical (unpaired) electrons. The molecule has 0 aliphatic rings. The Kier molecular flexibility index (Phi) is 2.92. The normalized spacial score (nSPS) is 10.6. The van der Waals surface area contributed by atoms with E-state index in [1.54, 1.807) is 17.8 Å². The minimum Gasteiger partial charge on any atom is -0.386 e. The Morgan fingerprint density at radius 2 is 2.00 bits per heavy atom. The fourth-order valence-corrected chi connectivity index (χ4v) is 1.88. The number of aryl methyl sites for hydroxylation is 2. The number of anilines is 1. The van der Waals surface area contributed by atoms with Gasteiger partial charge in [-0.1, -0.05) is 5.46 Å². The predicted octanol–water partition coefficient (Wildman–Crippen LogP) is 1.46. The molecule has 0 saturated heterocycles. The molecule has 5 heteroatoms. The second-order valence-electron chi connectivity index (χ2n) is 3.99. The molecule has 1 heterocycles. The molecule has 86 valence electrons. The largest absolute Gasteiger partial charge is 0.386 e. The SMILES string of the molecule is [B]c1cc(F)c(-n2nc(C)cc2C)c(NC)c1. The van der Waals surface area contributed by atoms with Gasteiger partial charge in [0.1, 0.15) is 19.4 Å². The van der Waals surface area contributed by atoms with Crippen molar-refractivity contribution in [2.45, 2.75) is 13.8 Å². The van der Waals surface area contributed by atoms with Gasteiger partial charge in [-0.25, -0.2) is 9.07 Å². The number of rotatable bonds is 2. The minimum absolute atomic E-state index is 0.386. The first-order valence-corrected chi connectivity index (χ1v) is 5.33. The summed E-state index contributed by atoms with van der Waals surface area (Å²) in [6.45, 7) is 3.76. The lowest BCUT2D eigenvalue weighted by molar-refractivity contribution is 0.610. The van der Waals surface area contributed by atoms with Crippen LogP contribution in [0.3, 0.4) is 0 Å². The van der Waals surface area contributed by atoms with Gasteiger partial charge in [-0.3, -0.25) is 0 Å². The molecule has 1 N–H and O–H groups in total. The third kappa shape index (κ3) is 2.05. The van der Waals surface area contributed by atoms with Gasteiger partial charge in [0.25, 0.3) is 0 Å². The molecule has 1 aromatic heterocycles. The summed E-state index contributed by atoms with van der Waals surface area (Å²) in [5.41, 5.74) is 3.13. The van der Waals surface area contributed by atoms with Crippen molar-refractivity contribution in [3.8, 4) is 5.69 Å². The van der Waals surface area contributed by atoms with E-state index in [2.05, 4.69) is 10.4 Å².